The summed E-state index contributed by atoms with van der Waals surface area (Å²) in [5, 5.41) is 11.6. The van der Waals surface area contributed by atoms with Crippen LogP contribution in [0, 0.1) is 13.8 Å². The standard InChI is InChI=1S/C13H18BrN7OS/c1-5-21-7(2)9(6-15-21)16-13(23)18-17-12(22)11-10(14)8(3)20(4)19-11/h6H,5H2,1-4H3,(H,17,22)(H2,16,18,23). The van der Waals surface area contributed by atoms with Gasteiger partial charge in [-0.05, 0) is 48.9 Å². The molecule has 2 heterocycles. The van der Waals surface area contributed by atoms with Gasteiger partial charge in [0.2, 0.25) is 0 Å². The summed E-state index contributed by atoms with van der Waals surface area (Å²) in [4.78, 5) is 12.1. The summed E-state index contributed by atoms with van der Waals surface area (Å²) in [6.07, 6.45) is 1.69. The van der Waals surface area contributed by atoms with Crippen LogP contribution in [0.25, 0.3) is 0 Å². The number of hydrogen-bond acceptors (Lipinski definition) is 4. The van der Waals surface area contributed by atoms with Gasteiger partial charge in [0.25, 0.3) is 5.91 Å². The third-order valence-corrected chi connectivity index (χ3v) is 4.57. The van der Waals surface area contributed by atoms with Gasteiger partial charge in [0.1, 0.15) is 0 Å². The molecule has 0 unspecified atom stereocenters. The SMILES string of the molecule is CCn1ncc(NC(=S)NNC(=O)c2nn(C)c(C)c2Br)c1C. The van der Waals surface area contributed by atoms with Gasteiger partial charge in [-0.2, -0.15) is 10.2 Å². The Balaban J connectivity index is 1.94. The number of carbonyl (C=O) groups excluding carboxylic acids is 1. The molecular weight excluding hydrogens is 382 g/mol. The van der Waals surface area contributed by atoms with E-state index in [2.05, 4.69) is 42.3 Å². The molecule has 0 spiro atoms. The molecule has 2 aromatic rings. The molecule has 0 aromatic carbocycles. The Labute approximate surface area is 147 Å². The molecule has 0 saturated carbocycles. The molecule has 2 rings (SSSR count). The second kappa shape index (κ2) is 7.09. The van der Waals surface area contributed by atoms with E-state index in [0.717, 1.165) is 23.6 Å². The van der Waals surface area contributed by atoms with Gasteiger partial charge in [-0.3, -0.25) is 25.0 Å². The molecule has 0 aliphatic rings. The van der Waals surface area contributed by atoms with Crippen molar-refractivity contribution in [2.24, 2.45) is 7.05 Å². The van der Waals surface area contributed by atoms with Crippen LogP contribution in [-0.2, 0) is 13.6 Å². The zero-order chi connectivity index (χ0) is 17.1. The molecule has 0 aliphatic heterocycles. The maximum Gasteiger partial charge on any atom is 0.291 e. The summed E-state index contributed by atoms with van der Waals surface area (Å²) >= 11 is 8.51. The van der Waals surface area contributed by atoms with Crippen molar-refractivity contribution in [3.8, 4) is 0 Å². The van der Waals surface area contributed by atoms with E-state index in [1.807, 2.05) is 25.5 Å². The minimum absolute atomic E-state index is 0.265. The fraction of sp³-hybridized carbons (Fsp3) is 0.385. The second-order valence-corrected chi connectivity index (χ2v) is 6.07. The maximum atomic E-state index is 12.1. The predicted molar refractivity (Wildman–Crippen MR) is 95.1 cm³/mol. The van der Waals surface area contributed by atoms with Crippen molar-refractivity contribution in [2.75, 3.05) is 5.32 Å². The van der Waals surface area contributed by atoms with Gasteiger partial charge in [-0.1, -0.05) is 0 Å². The fourth-order valence-corrected chi connectivity index (χ4v) is 2.62. The van der Waals surface area contributed by atoms with E-state index >= 15 is 0 Å². The van der Waals surface area contributed by atoms with Crippen molar-refractivity contribution in [3.63, 3.8) is 0 Å². The maximum absolute atomic E-state index is 12.1. The van der Waals surface area contributed by atoms with E-state index in [9.17, 15) is 4.79 Å². The van der Waals surface area contributed by atoms with E-state index in [0.29, 0.717) is 4.47 Å². The molecule has 124 valence electrons. The van der Waals surface area contributed by atoms with Crippen LogP contribution in [0.1, 0.15) is 28.8 Å². The number of rotatable bonds is 3. The average Bonchev–Trinajstić information content (AvgIpc) is 3.00. The smallest absolute Gasteiger partial charge is 0.291 e. The first-order valence-electron chi connectivity index (χ1n) is 6.94. The van der Waals surface area contributed by atoms with E-state index in [1.165, 1.54) is 0 Å². The highest BCUT2D eigenvalue weighted by atomic mass is 79.9. The number of aryl methyl sites for hydroxylation is 2. The number of thiocarbonyl (C=S) groups is 1. The number of aromatic nitrogens is 4. The Morgan fingerprint density at radius 1 is 1.35 bits per heavy atom. The van der Waals surface area contributed by atoms with Gasteiger partial charge in [-0.15, -0.1) is 0 Å². The highest BCUT2D eigenvalue weighted by Gasteiger charge is 2.17. The number of hydrogen-bond donors (Lipinski definition) is 3. The summed E-state index contributed by atoms with van der Waals surface area (Å²) < 4.78 is 4.12. The van der Waals surface area contributed by atoms with Crippen LogP contribution in [0.3, 0.4) is 0 Å². The molecule has 0 bridgehead atoms. The lowest BCUT2D eigenvalue weighted by atomic mass is 10.3. The molecule has 0 saturated heterocycles. The molecule has 2 aromatic heterocycles. The summed E-state index contributed by atoms with van der Waals surface area (Å²) in [6, 6.07) is 0. The summed E-state index contributed by atoms with van der Waals surface area (Å²) in [7, 11) is 1.77. The Hall–Kier alpha value is -1.94. The van der Waals surface area contributed by atoms with Crippen molar-refractivity contribution in [2.45, 2.75) is 27.3 Å². The molecule has 1 amide bonds. The van der Waals surface area contributed by atoms with Gasteiger partial charge in [0.05, 0.1) is 27.7 Å². The molecule has 3 N–H and O–H groups in total. The monoisotopic (exact) mass is 399 g/mol. The van der Waals surface area contributed by atoms with Crippen LogP contribution >= 0.6 is 28.1 Å². The zero-order valence-corrected chi connectivity index (χ0v) is 15.7. The largest absolute Gasteiger partial charge is 0.329 e. The molecule has 8 nitrogen and oxygen atoms in total. The lowest BCUT2D eigenvalue weighted by Crippen LogP contribution is -2.44. The highest BCUT2D eigenvalue weighted by Crippen LogP contribution is 2.19. The number of carbonyl (C=O) groups is 1. The van der Waals surface area contributed by atoms with Gasteiger partial charge in [0.15, 0.2) is 10.8 Å². The van der Waals surface area contributed by atoms with E-state index < -0.39 is 0 Å². The Kier molecular flexibility index (Phi) is 5.37. The molecule has 0 radical (unpaired) electrons. The van der Waals surface area contributed by atoms with Crippen molar-refractivity contribution >= 4 is 44.9 Å². The van der Waals surface area contributed by atoms with E-state index in [4.69, 9.17) is 12.2 Å². The first kappa shape index (κ1) is 17.4. The fourth-order valence-electron chi connectivity index (χ4n) is 1.94. The van der Waals surface area contributed by atoms with Crippen molar-refractivity contribution in [1.29, 1.82) is 0 Å². The molecule has 10 heteroatoms. The molecular formula is C13H18BrN7OS. The van der Waals surface area contributed by atoms with Crippen molar-refractivity contribution < 1.29 is 4.79 Å². The molecule has 0 fully saturated rings. The minimum Gasteiger partial charge on any atom is -0.329 e. The second-order valence-electron chi connectivity index (χ2n) is 4.86. The Bertz CT molecular complexity index is 752. The molecule has 23 heavy (non-hydrogen) atoms. The summed E-state index contributed by atoms with van der Waals surface area (Å²) in [5.41, 5.74) is 8.06. The highest BCUT2D eigenvalue weighted by molar-refractivity contribution is 9.10. The topological polar surface area (TPSA) is 88.8 Å². The first-order chi connectivity index (χ1) is 10.8. The third-order valence-electron chi connectivity index (χ3n) is 3.42. The number of amides is 1. The summed E-state index contributed by atoms with van der Waals surface area (Å²) in [5.74, 6) is -0.384. The van der Waals surface area contributed by atoms with Gasteiger partial charge in [0, 0.05) is 13.6 Å². The van der Waals surface area contributed by atoms with Gasteiger partial charge >= 0.3 is 0 Å². The van der Waals surface area contributed by atoms with E-state index in [1.54, 1.807) is 17.9 Å². The predicted octanol–water partition coefficient (Wildman–Crippen LogP) is 1.65. The van der Waals surface area contributed by atoms with E-state index in [-0.39, 0.29) is 16.7 Å². The first-order valence-corrected chi connectivity index (χ1v) is 8.14. The quantitative estimate of drug-likeness (QED) is 0.537. The normalized spacial score (nSPS) is 10.5. The minimum atomic E-state index is -0.384. The number of anilines is 1. The van der Waals surface area contributed by atoms with Gasteiger partial charge < -0.3 is 5.32 Å². The summed E-state index contributed by atoms with van der Waals surface area (Å²) in [6.45, 7) is 6.58. The average molecular weight is 400 g/mol. The Morgan fingerprint density at radius 3 is 2.57 bits per heavy atom. The van der Waals surface area contributed by atoms with Crippen molar-refractivity contribution in [3.05, 3.63) is 27.8 Å². The van der Waals surface area contributed by atoms with Crippen LogP contribution in [0.2, 0.25) is 0 Å². The molecule has 0 atom stereocenters. The van der Waals surface area contributed by atoms with Crippen molar-refractivity contribution in [1.82, 2.24) is 30.4 Å². The number of hydrazine groups is 1. The number of nitrogens with one attached hydrogen (secondary N) is 3. The van der Waals surface area contributed by atoms with Crippen LogP contribution in [-0.4, -0.2) is 30.6 Å². The lowest BCUT2D eigenvalue weighted by Gasteiger charge is -2.10. The Morgan fingerprint density at radius 2 is 2.04 bits per heavy atom. The van der Waals surface area contributed by atoms with Gasteiger partial charge in [-0.25, -0.2) is 0 Å². The zero-order valence-electron chi connectivity index (χ0n) is 13.3. The lowest BCUT2D eigenvalue weighted by molar-refractivity contribution is 0.0937. The van der Waals surface area contributed by atoms with Crippen LogP contribution in [0.15, 0.2) is 10.7 Å². The number of nitrogens with zero attached hydrogens (tertiary/aromatic N) is 4. The third kappa shape index (κ3) is 3.70. The van der Waals surface area contributed by atoms with Crippen LogP contribution in [0.4, 0.5) is 5.69 Å². The van der Waals surface area contributed by atoms with Crippen LogP contribution < -0.4 is 16.2 Å². The molecule has 0 aliphatic carbocycles. The number of halogens is 1. The van der Waals surface area contributed by atoms with Crippen LogP contribution in [0.5, 0.6) is 0 Å².